The van der Waals surface area contributed by atoms with Crippen molar-refractivity contribution in [1.29, 1.82) is 0 Å². The van der Waals surface area contributed by atoms with E-state index in [1.54, 1.807) is 11.0 Å². The monoisotopic (exact) mass is 579 g/mol. The molecule has 2 aliphatic heterocycles. The summed E-state index contributed by atoms with van der Waals surface area (Å²) in [4.78, 5) is 26.5. The van der Waals surface area contributed by atoms with Crippen LogP contribution in [0.4, 0.5) is 19.0 Å². The van der Waals surface area contributed by atoms with Crippen molar-refractivity contribution in [2.45, 2.75) is 36.9 Å². The minimum Gasteiger partial charge on any atom is -0.354 e. The first-order valence-electron chi connectivity index (χ1n) is 14.8. The Labute approximate surface area is 246 Å². The van der Waals surface area contributed by atoms with Gasteiger partial charge < -0.3 is 9.80 Å². The van der Waals surface area contributed by atoms with E-state index in [1.165, 1.54) is 6.07 Å². The molecule has 0 saturated carbocycles. The maximum Gasteiger partial charge on any atom is 0.433 e. The Kier molecular flexibility index (Phi) is 9.18. The smallest absolute Gasteiger partial charge is 0.354 e. The Hall–Kier alpha value is -3.43. The summed E-state index contributed by atoms with van der Waals surface area (Å²) in [7, 11) is 3.66. The summed E-state index contributed by atoms with van der Waals surface area (Å²) in [5, 5.41) is 0. The molecular formula is C33H40F3N5O. The minimum atomic E-state index is -4.44. The number of piperazine rings is 1. The number of alkyl halides is 3. The van der Waals surface area contributed by atoms with E-state index in [4.69, 9.17) is 0 Å². The molecule has 0 spiro atoms. The highest BCUT2D eigenvalue weighted by atomic mass is 19.4. The molecule has 6 nitrogen and oxygen atoms in total. The van der Waals surface area contributed by atoms with E-state index in [-0.39, 0.29) is 5.91 Å². The largest absolute Gasteiger partial charge is 0.433 e. The third-order valence-electron chi connectivity index (χ3n) is 8.77. The van der Waals surface area contributed by atoms with Crippen molar-refractivity contribution in [3.63, 3.8) is 0 Å². The van der Waals surface area contributed by atoms with Crippen molar-refractivity contribution in [2.75, 3.05) is 64.8 Å². The van der Waals surface area contributed by atoms with Gasteiger partial charge in [0.05, 0.1) is 0 Å². The lowest BCUT2D eigenvalue weighted by molar-refractivity contribution is -0.141. The highest BCUT2D eigenvalue weighted by molar-refractivity contribution is 5.92. The summed E-state index contributed by atoms with van der Waals surface area (Å²) in [6.07, 6.45) is -1.56. The van der Waals surface area contributed by atoms with Gasteiger partial charge in [0, 0.05) is 59.4 Å². The van der Waals surface area contributed by atoms with E-state index in [0.29, 0.717) is 31.4 Å². The number of hydrogen-bond donors (Lipinski definition) is 0. The lowest BCUT2D eigenvalue weighted by atomic mass is 9.70. The van der Waals surface area contributed by atoms with Gasteiger partial charge in [-0.2, -0.15) is 13.2 Å². The average Bonchev–Trinajstić information content (AvgIpc) is 3.45. The number of halogens is 3. The molecule has 1 unspecified atom stereocenters. The lowest BCUT2D eigenvalue weighted by Gasteiger charge is -2.40. The Morgan fingerprint density at radius 3 is 2.05 bits per heavy atom. The SMILES string of the molecule is CN(C)C(=O)C(CCN1CCCC1CN1CCN(c2cccc(C(F)(F)F)n2)CC1)(c1ccccc1)c1ccccc1. The quantitative estimate of drug-likeness (QED) is 0.351. The van der Waals surface area contributed by atoms with Crippen LogP contribution in [0.2, 0.25) is 0 Å². The van der Waals surface area contributed by atoms with Gasteiger partial charge in [-0.1, -0.05) is 66.7 Å². The zero-order valence-electron chi connectivity index (χ0n) is 24.4. The fourth-order valence-corrected chi connectivity index (χ4v) is 6.56. The Morgan fingerprint density at radius 1 is 0.857 bits per heavy atom. The van der Waals surface area contributed by atoms with Crippen LogP contribution in [0.3, 0.4) is 0 Å². The van der Waals surface area contributed by atoms with Crippen LogP contribution in [-0.4, -0.2) is 91.5 Å². The van der Waals surface area contributed by atoms with E-state index in [1.807, 2.05) is 55.4 Å². The van der Waals surface area contributed by atoms with Crippen molar-refractivity contribution in [3.05, 3.63) is 95.7 Å². The maximum atomic E-state index is 14.0. The maximum absolute atomic E-state index is 14.0. The van der Waals surface area contributed by atoms with Gasteiger partial charge in [-0.3, -0.25) is 14.6 Å². The number of carbonyl (C=O) groups excluding carboxylic acids is 1. The summed E-state index contributed by atoms with van der Waals surface area (Å²) < 4.78 is 39.5. The third-order valence-corrected chi connectivity index (χ3v) is 8.77. The fraction of sp³-hybridized carbons (Fsp3) is 0.455. The molecule has 2 fully saturated rings. The van der Waals surface area contributed by atoms with E-state index in [9.17, 15) is 18.0 Å². The number of anilines is 1. The predicted molar refractivity (Wildman–Crippen MR) is 159 cm³/mol. The van der Waals surface area contributed by atoms with Gasteiger partial charge in [-0.15, -0.1) is 0 Å². The highest BCUT2D eigenvalue weighted by Gasteiger charge is 2.43. The fourth-order valence-electron chi connectivity index (χ4n) is 6.56. The third kappa shape index (κ3) is 6.47. The second kappa shape index (κ2) is 12.8. The number of aromatic nitrogens is 1. The van der Waals surface area contributed by atoms with Crippen LogP contribution >= 0.6 is 0 Å². The standard InChI is InChI=1S/C33H40F3N5O/c1-38(2)31(42)32(26-11-5-3-6-12-26,27-13-7-4-8-14-27)18-20-40-19-10-15-28(40)25-39-21-23-41(24-22-39)30-17-9-16-29(37-30)33(34,35)36/h3-9,11-14,16-17,28H,10,15,18-25H2,1-2H3. The molecule has 3 aromatic rings. The molecule has 2 saturated heterocycles. The number of likely N-dealkylation sites (tertiary alicyclic amines) is 1. The molecule has 224 valence electrons. The Balaban J connectivity index is 1.27. The molecule has 0 bridgehead atoms. The second-order valence-corrected chi connectivity index (χ2v) is 11.6. The molecule has 2 aromatic carbocycles. The number of carbonyl (C=O) groups is 1. The molecular weight excluding hydrogens is 539 g/mol. The van der Waals surface area contributed by atoms with Crippen LogP contribution in [0.15, 0.2) is 78.9 Å². The van der Waals surface area contributed by atoms with E-state index in [2.05, 4.69) is 39.0 Å². The molecule has 3 heterocycles. The van der Waals surface area contributed by atoms with Crippen LogP contribution in [0, 0.1) is 0 Å². The summed E-state index contributed by atoms with van der Waals surface area (Å²) in [5.41, 5.74) is 0.372. The first kappa shape index (κ1) is 30.0. The van der Waals surface area contributed by atoms with Crippen LogP contribution < -0.4 is 4.90 Å². The Morgan fingerprint density at radius 2 is 1.48 bits per heavy atom. The molecule has 0 aliphatic carbocycles. The minimum absolute atomic E-state index is 0.0787. The molecule has 1 amide bonds. The molecule has 2 aliphatic rings. The van der Waals surface area contributed by atoms with E-state index >= 15 is 0 Å². The topological polar surface area (TPSA) is 42.9 Å². The first-order valence-corrected chi connectivity index (χ1v) is 14.8. The summed E-state index contributed by atoms with van der Waals surface area (Å²) >= 11 is 0. The van der Waals surface area contributed by atoms with Crippen molar-refractivity contribution < 1.29 is 18.0 Å². The van der Waals surface area contributed by atoms with Crippen molar-refractivity contribution >= 4 is 11.7 Å². The molecule has 42 heavy (non-hydrogen) atoms. The van der Waals surface area contributed by atoms with Crippen molar-refractivity contribution in [2.24, 2.45) is 0 Å². The van der Waals surface area contributed by atoms with Crippen LogP contribution in [-0.2, 0) is 16.4 Å². The predicted octanol–water partition coefficient (Wildman–Crippen LogP) is 5.15. The second-order valence-electron chi connectivity index (χ2n) is 11.6. The van der Waals surface area contributed by atoms with E-state index in [0.717, 1.165) is 62.8 Å². The van der Waals surface area contributed by atoms with Gasteiger partial charge in [-0.25, -0.2) is 4.98 Å². The Bertz CT molecular complexity index is 1270. The number of amides is 1. The number of benzene rings is 2. The summed E-state index contributed by atoms with van der Waals surface area (Å²) in [6.45, 7) is 5.54. The van der Waals surface area contributed by atoms with Gasteiger partial charge >= 0.3 is 6.18 Å². The molecule has 0 N–H and O–H groups in total. The molecule has 1 atom stereocenters. The molecule has 1 aromatic heterocycles. The highest BCUT2D eigenvalue weighted by Crippen LogP contribution is 2.38. The molecule has 5 rings (SSSR count). The average molecular weight is 580 g/mol. The number of nitrogens with zero attached hydrogens (tertiary/aromatic N) is 5. The van der Waals surface area contributed by atoms with Gasteiger partial charge in [-0.05, 0) is 49.1 Å². The zero-order valence-corrected chi connectivity index (χ0v) is 24.4. The zero-order chi connectivity index (χ0) is 29.7. The van der Waals surface area contributed by atoms with Crippen LogP contribution in [0.25, 0.3) is 0 Å². The molecule has 0 radical (unpaired) electrons. The molecule has 9 heteroatoms. The summed E-state index contributed by atoms with van der Waals surface area (Å²) in [5.74, 6) is 0.464. The van der Waals surface area contributed by atoms with Gasteiger partial charge in [0.15, 0.2) is 0 Å². The van der Waals surface area contributed by atoms with Gasteiger partial charge in [0.1, 0.15) is 16.9 Å². The number of likely N-dealkylation sites (N-methyl/N-ethyl adjacent to an activating group) is 1. The van der Waals surface area contributed by atoms with Crippen molar-refractivity contribution in [1.82, 2.24) is 19.7 Å². The number of hydrogen-bond acceptors (Lipinski definition) is 5. The summed E-state index contributed by atoms with van der Waals surface area (Å²) in [6, 6.07) is 24.7. The van der Waals surface area contributed by atoms with Gasteiger partial charge in [0.25, 0.3) is 0 Å². The normalized spacial score (nSPS) is 18.8. The van der Waals surface area contributed by atoms with E-state index < -0.39 is 17.3 Å². The van der Waals surface area contributed by atoms with Crippen LogP contribution in [0.5, 0.6) is 0 Å². The van der Waals surface area contributed by atoms with Gasteiger partial charge in [0.2, 0.25) is 5.91 Å². The number of rotatable bonds is 9. The lowest BCUT2D eigenvalue weighted by Crippen LogP contribution is -2.51. The van der Waals surface area contributed by atoms with Crippen molar-refractivity contribution in [3.8, 4) is 0 Å². The number of pyridine rings is 1. The first-order chi connectivity index (χ1) is 20.2. The van der Waals surface area contributed by atoms with Crippen LogP contribution in [0.1, 0.15) is 36.1 Å².